The van der Waals surface area contributed by atoms with E-state index >= 15 is 9.59 Å². The van der Waals surface area contributed by atoms with Crippen molar-refractivity contribution in [1.29, 1.82) is 0 Å². The molecule has 1 heterocycles. The van der Waals surface area contributed by atoms with E-state index in [1.165, 1.54) is 52.0 Å². The predicted molar refractivity (Wildman–Crippen MR) is 282 cm³/mol. The molecule has 7 N–H and O–H groups in total. The summed E-state index contributed by atoms with van der Waals surface area (Å²) in [6.45, 7) is 11.3. The summed E-state index contributed by atoms with van der Waals surface area (Å²) < 4.78 is 36.9. The lowest BCUT2D eigenvalue weighted by atomic mass is 9.44. The van der Waals surface area contributed by atoms with Gasteiger partial charge in [-0.25, -0.2) is 14.4 Å². The Morgan fingerprint density at radius 2 is 1.43 bits per heavy atom. The number of esters is 5. The second-order valence-electron chi connectivity index (χ2n) is 22.3. The largest absolute Gasteiger partial charge is 0.480 e. The van der Waals surface area contributed by atoms with E-state index in [1.54, 1.807) is 66.7 Å². The lowest BCUT2D eigenvalue weighted by Gasteiger charge is -2.67. The number of Topliss-reactive ketones (excluding diaryl/α,β-unsaturated/α-hetero) is 1. The summed E-state index contributed by atoms with van der Waals surface area (Å²) in [5.41, 5.74) is -1.95. The molecule has 3 aliphatic carbocycles. The number of rotatable bonds is 20. The third-order valence-electron chi connectivity index (χ3n) is 16.3. The summed E-state index contributed by atoms with van der Waals surface area (Å²) in [4.78, 5) is 126. The molecule has 7 rings (SSSR count). The molecular weight excluding hydrogens is 1040 g/mol. The first-order valence-corrected chi connectivity index (χ1v) is 26.7. The number of aliphatic hydroxyl groups is 2. The number of aliphatic hydroxyl groups excluding tert-OH is 1. The summed E-state index contributed by atoms with van der Waals surface area (Å²) in [6.07, 6.45) is -12.0. The first kappa shape index (κ1) is 60.3. The van der Waals surface area contributed by atoms with Gasteiger partial charge in [0.15, 0.2) is 17.5 Å². The van der Waals surface area contributed by atoms with Crippen LogP contribution in [-0.2, 0) is 62.0 Å². The van der Waals surface area contributed by atoms with E-state index < -0.39 is 149 Å². The van der Waals surface area contributed by atoms with Gasteiger partial charge >= 0.3 is 35.8 Å². The van der Waals surface area contributed by atoms with Gasteiger partial charge in [0.25, 0.3) is 5.91 Å². The minimum absolute atomic E-state index is 0.00931. The molecule has 13 atom stereocenters. The number of carboxylic acids is 1. The Morgan fingerprint density at radius 1 is 0.825 bits per heavy atom. The Hall–Kier alpha value is -7.33. The second-order valence-corrected chi connectivity index (χ2v) is 22.3. The molecular formula is C59H71N3O18. The van der Waals surface area contributed by atoms with Gasteiger partial charge in [-0.1, -0.05) is 94.4 Å². The summed E-state index contributed by atoms with van der Waals surface area (Å²) >= 11 is 0. The lowest BCUT2D eigenvalue weighted by Crippen LogP contribution is -2.82. The quantitative estimate of drug-likeness (QED) is 0.0519. The number of amides is 2. The third kappa shape index (κ3) is 11.9. The number of carbonyl (C=O) groups is 9. The molecule has 1 saturated heterocycles. The maximum Gasteiger partial charge on any atom is 0.350 e. The highest BCUT2D eigenvalue weighted by molar-refractivity contribution is 5.96. The smallest absolute Gasteiger partial charge is 0.350 e. The molecule has 3 aromatic carbocycles. The van der Waals surface area contributed by atoms with E-state index in [4.69, 9.17) is 34.2 Å². The van der Waals surface area contributed by atoms with E-state index in [0.29, 0.717) is 0 Å². The van der Waals surface area contributed by atoms with Crippen molar-refractivity contribution >= 4 is 53.4 Å². The van der Waals surface area contributed by atoms with Crippen LogP contribution in [0.5, 0.6) is 0 Å². The van der Waals surface area contributed by atoms with Crippen molar-refractivity contribution in [2.45, 2.75) is 160 Å². The Labute approximate surface area is 463 Å². The number of nitrogens with one attached hydrogen (secondary N) is 2. The number of ketones is 1. The molecule has 1 aliphatic heterocycles. The van der Waals surface area contributed by atoms with Crippen LogP contribution in [0.25, 0.3) is 0 Å². The van der Waals surface area contributed by atoms with Gasteiger partial charge in [-0.3, -0.25) is 28.8 Å². The molecule has 3 fully saturated rings. The highest BCUT2D eigenvalue weighted by Crippen LogP contribution is 2.64. The number of hydrogen-bond acceptors (Lipinski definition) is 18. The van der Waals surface area contributed by atoms with Crippen molar-refractivity contribution in [3.8, 4) is 0 Å². The van der Waals surface area contributed by atoms with Crippen LogP contribution < -0.4 is 16.4 Å². The Morgan fingerprint density at radius 3 is 1.98 bits per heavy atom. The fourth-order valence-electron chi connectivity index (χ4n) is 12.1. The number of aliphatic carboxylic acids is 1. The van der Waals surface area contributed by atoms with Crippen LogP contribution in [-0.4, -0.2) is 135 Å². The van der Waals surface area contributed by atoms with Crippen molar-refractivity contribution in [3.05, 3.63) is 119 Å². The molecule has 21 nitrogen and oxygen atoms in total. The van der Waals surface area contributed by atoms with Gasteiger partial charge in [-0.2, -0.15) is 0 Å². The van der Waals surface area contributed by atoms with Crippen LogP contribution in [0.2, 0.25) is 0 Å². The van der Waals surface area contributed by atoms with Crippen molar-refractivity contribution in [3.63, 3.8) is 0 Å². The molecule has 0 spiro atoms. The van der Waals surface area contributed by atoms with E-state index in [9.17, 15) is 48.9 Å². The van der Waals surface area contributed by atoms with Crippen molar-refractivity contribution in [2.75, 3.05) is 6.61 Å². The van der Waals surface area contributed by atoms with Crippen LogP contribution in [0.1, 0.15) is 126 Å². The standard InChI is InChI=1S/C59H71N3O18/c1-31(2)27-38(60)52(69)61-39(53(70)71)25-18-26-43(66)78-47(45(35-19-12-9-13-20-35)62-51(68)36-21-14-10-15-22-36)55(73)77-40-29-59(74)50(79-54(72)37-23-16-11-17-24-37)48-57(8,41(65)28-42-58(48,30-75-42)80-34(5)64)49(67)46(76-33(4)63)44(32(40)3)56(59,6)7/h9-17,19-24,31,38-42,45-48,50,65,74H,18,25-30,60H2,1-8H3,(H,61,69)(H,62,68)(H,70,71)/t38-,39-,40?,41-,42+,45-,46+,47+,48?,50-,57+,58-,59+/m0/s1. The van der Waals surface area contributed by atoms with Crippen LogP contribution in [0.4, 0.5) is 0 Å². The van der Waals surface area contributed by atoms with E-state index in [2.05, 4.69) is 10.6 Å². The summed E-state index contributed by atoms with van der Waals surface area (Å²) in [5, 5.41) is 41.5. The predicted octanol–water partition coefficient (Wildman–Crippen LogP) is 4.40. The van der Waals surface area contributed by atoms with Gasteiger partial charge in [0.1, 0.15) is 36.0 Å². The van der Waals surface area contributed by atoms with Gasteiger partial charge in [0.05, 0.1) is 35.6 Å². The first-order valence-electron chi connectivity index (χ1n) is 26.7. The molecule has 2 amide bonds. The topological polar surface area (TPSA) is 320 Å². The van der Waals surface area contributed by atoms with Crippen molar-refractivity contribution < 1.29 is 86.9 Å². The highest BCUT2D eigenvalue weighted by atomic mass is 16.6. The molecule has 80 heavy (non-hydrogen) atoms. The fraction of sp³-hybridized carbons (Fsp3) is 0.508. The molecule has 4 aliphatic rings. The molecule has 0 radical (unpaired) electrons. The molecule has 21 heteroatoms. The van der Waals surface area contributed by atoms with Gasteiger partial charge in [-0.05, 0) is 80.0 Å². The highest BCUT2D eigenvalue weighted by Gasteiger charge is 2.78. The monoisotopic (exact) mass is 1110 g/mol. The normalized spacial score (nSPS) is 28.0. The Bertz CT molecular complexity index is 2880. The van der Waals surface area contributed by atoms with Gasteiger partial charge in [0.2, 0.25) is 12.0 Å². The zero-order chi connectivity index (χ0) is 58.6. The summed E-state index contributed by atoms with van der Waals surface area (Å²) in [5.74, 6) is -10.5. The number of carboxylic acid groups (broad SMARTS) is 1. The maximum absolute atomic E-state index is 15.8. The van der Waals surface area contributed by atoms with Gasteiger partial charge in [0, 0.05) is 44.1 Å². The SMILES string of the molecule is CC(=O)O[C@H]1C(=O)[C@@]2(C)C([C@H](OC(=O)c3ccccc3)[C@]3(O)CC(OC(=O)[C@H](OC(=O)CCC[C@H](NC(=O)[C@@H](N)CC(C)C)C(=O)O)[C@@H](NC(=O)c4ccccc4)c4ccccc4)C(C)=C1C3(C)C)[C@]1(OC(C)=O)CO[C@@H]1C[C@@H]2O. The summed E-state index contributed by atoms with van der Waals surface area (Å²) in [7, 11) is 0. The van der Waals surface area contributed by atoms with Crippen LogP contribution in [0, 0.1) is 22.7 Å². The second kappa shape index (κ2) is 24.2. The molecule has 2 bridgehead atoms. The number of nitrogens with two attached hydrogens (primary N) is 1. The zero-order valence-corrected chi connectivity index (χ0v) is 46.0. The minimum Gasteiger partial charge on any atom is -0.480 e. The van der Waals surface area contributed by atoms with Crippen LogP contribution in [0.15, 0.2) is 102 Å². The van der Waals surface area contributed by atoms with Crippen LogP contribution in [0.3, 0.4) is 0 Å². The molecule has 0 aromatic heterocycles. The van der Waals surface area contributed by atoms with Gasteiger partial charge in [-0.15, -0.1) is 0 Å². The number of ether oxygens (including phenoxy) is 6. The molecule has 430 valence electrons. The van der Waals surface area contributed by atoms with Gasteiger partial charge < -0.3 is 60.1 Å². The van der Waals surface area contributed by atoms with Crippen molar-refractivity contribution in [1.82, 2.24) is 10.6 Å². The number of benzene rings is 3. The van der Waals surface area contributed by atoms with Crippen molar-refractivity contribution in [2.24, 2.45) is 28.4 Å². The van der Waals surface area contributed by atoms with E-state index in [-0.39, 0.29) is 66.0 Å². The Balaban J connectivity index is 1.35. The average molecular weight is 1110 g/mol. The first-order chi connectivity index (χ1) is 37.7. The third-order valence-corrected chi connectivity index (χ3v) is 16.3. The number of hydrogen-bond donors (Lipinski definition) is 6. The average Bonchev–Trinajstić information content (AvgIpc) is 3.60. The van der Waals surface area contributed by atoms with Crippen LogP contribution >= 0.6 is 0 Å². The minimum atomic E-state index is -2.53. The lowest BCUT2D eigenvalue weighted by molar-refractivity contribution is -0.346. The zero-order valence-electron chi connectivity index (χ0n) is 46.0. The fourth-order valence-corrected chi connectivity index (χ4v) is 12.1. The van der Waals surface area contributed by atoms with E-state index in [1.807, 2.05) is 13.8 Å². The number of carbonyl (C=O) groups excluding carboxylic acids is 8. The van der Waals surface area contributed by atoms with E-state index in [0.717, 1.165) is 13.8 Å². The molecule has 3 aromatic rings. The summed E-state index contributed by atoms with van der Waals surface area (Å²) in [6, 6.07) is 19.6. The maximum atomic E-state index is 15.8. The molecule has 2 saturated carbocycles. The molecule has 2 unspecified atom stereocenters. The Kier molecular flexibility index (Phi) is 18.2. The number of fused-ring (bicyclic) bond motifs is 5.